The lowest BCUT2D eigenvalue weighted by Gasteiger charge is -2.20. The quantitative estimate of drug-likeness (QED) is 0.334. The molecule has 1 unspecified atom stereocenters. The van der Waals surface area contributed by atoms with E-state index >= 15 is 0 Å². The third-order valence-corrected chi connectivity index (χ3v) is 5.49. The van der Waals surface area contributed by atoms with Crippen LogP contribution in [0, 0.1) is 11.2 Å². The van der Waals surface area contributed by atoms with Gasteiger partial charge in [0.15, 0.2) is 0 Å². The first kappa shape index (κ1) is 21.4. The highest BCUT2D eigenvalue weighted by atomic mass is 35.5. The molecule has 2 aromatic carbocycles. The molecule has 0 saturated carbocycles. The summed E-state index contributed by atoms with van der Waals surface area (Å²) >= 11 is 6.48. The van der Waals surface area contributed by atoms with Crippen molar-refractivity contribution < 1.29 is 4.39 Å². The predicted molar refractivity (Wildman–Crippen MR) is 127 cm³/mol. The van der Waals surface area contributed by atoms with E-state index in [1.165, 1.54) is 24.8 Å². The molecule has 0 radical (unpaired) electrons. The van der Waals surface area contributed by atoms with E-state index in [0.29, 0.717) is 27.4 Å². The number of halogens is 2. The first-order valence-electron chi connectivity index (χ1n) is 9.84. The summed E-state index contributed by atoms with van der Waals surface area (Å²) in [6.07, 6.45) is 8.93. The van der Waals surface area contributed by atoms with E-state index in [1.807, 2.05) is 25.1 Å². The second kappa shape index (κ2) is 9.11. The summed E-state index contributed by atoms with van der Waals surface area (Å²) in [5.41, 5.74) is 10.4. The standard InChI is InChI=1S/C24H20ClFN6/c1-14(19-6-16(2-4-22(19)26)18-10-29-13-30-11-18)32-24-20-7-15(17(8-27)9-28)3-5-23(20)31-12-21(24)25/h2-14,27H,28H2,1H3,(H,31,32). The van der Waals surface area contributed by atoms with Gasteiger partial charge in [-0.15, -0.1) is 0 Å². The topological polar surface area (TPSA) is 101 Å². The maximum Gasteiger partial charge on any atom is 0.128 e. The van der Waals surface area contributed by atoms with Gasteiger partial charge in [0.1, 0.15) is 12.1 Å². The molecule has 0 spiro atoms. The van der Waals surface area contributed by atoms with Gasteiger partial charge < -0.3 is 16.5 Å². The van der Waals surface area contributed by atoms with Crippen molar-refractivity contribution in [2.24, 2.45) is 5.73 Å². The number of rotatable bonds is 6. The van der Waals surface area contributed by atoms with Crippen LogP contribution >= 0.6 is 11.6 Å². The van der Waals surface area contributed by atoms with Crippen LogP contribution in [0.3, 0.4) is 0 Å². The Balaban J connectivity index is 1.75. The predicted octanol–water partition coefficient (Wildman–Crippen LogP) is 5.61. The number of hydrogen-bond acceptors (Lipinski definition) is 6. The van der Waals surface area contributed by atoms with Crippen LogP contribution in [0.15, 0.2) is 67.5 Å². The van der Waals surface area contributed by atoms with E-state index in [4.69, 9.17) is 22.7 Å². The van der Waals surface area contributed by atoms with Gasteiger partial charge in [-0.25, -0.2) is 14.4 Å². The number of hydrogen-bond donors (Lipinski definition) is 3. The fourth-order valence-electron chi connectivity index (χ4n) is 3.52. The number of allylic oxidation sites excluding steroid dienone is 1. The van der Waals surface area contributed by atoms with Gasteiger partial charge in [0.05, 0.1) is 22.3 Å². The highest BCUT2D eigenvalue weighted by Crippen LogP contribution is 2.35. The monoisotopic (exact) mass is 446 g/mol. The van der Waals surface area contributed by atoms with E-state index in [1.54, 1.807) is 30.7 Å². The Morgan fingerprint density at radius 1 is 1.12 bits per heavy atom. The molecule has 2 aromatic heterocycles. The van der Waals surface area contributed by atoms with E-state index in [9.17, 15) is 4.39 Å². The van der Waals surface area contributed by atoms with E-state index in [2.05, 4.69) is 20.3 Å². The molecule has 4 rings (SSSR count). The van der Waals surface area contributed by atoms with Gasteiger partial charge >= 0.3 is 0 Å². The lowest BCUT2D eigenvalue weighted by atomic mass is 10.00. The second-order valence-electron chi connectivity index (χ2n) is 7.21. The first-order valence-corrected chi connectivity index (χ1v) is 10.2. The number of fused-ring (bicyclic) bond motifs is 1. The fourth-order valence-corrected chi connectivity index (χ4v) is 3.72. The molecular formula is C24H20ClFN6. The molecule has 0 amide bonds. The zero-order valence-corrected chi connectivity index (χ0v) is 17.9. The van der Waals surface area contributed by atoms with Gasteiger partial charge in [0.2, 0.25) is 0 Å². The molecule has 0 aliphatic heterocycles. The Kier molecular flexibility index (Phi) is 6.09. The average molecular weight is 447 g/mol. The molecule has 6 nitrogen and oxygen atoms in total. The summed E-state index contributed by atoms with van der Waals surface area (Å²) in [5, 5.41) is 12.1. The summed E-state index contributed by atoms with van der Waals surface area (Å²) in [7, 11) is 0. The van der Waals surface area contributed by atoms with Crippen LogP contribution in [0.1, 0.15) is 24.1 Å². The van der Waals surface area contributed by atoms with Gasteiger partial charge in [0, 0.05) is 53.1 Å². The normalized spacial score (nSPS) is 12.5. The molecular weight excluding hydrogens is 427 g/mol. The average Bonchev–Trinajstić information content (AvgIpc) is 2.82. The van der Waals surface area contributed by atoms with Crippen molar-refractivity contribution in [1.82, 2.24) is 15.0 Å². The van der Waals surface area contributed by atoms with Crippen LogP contribution in [-0.4, -0.2) is 21.2 Å². The summed E-state index contributed by atoms with van der Waals surface area (Å²) in [6, 6.07) is 10.0. The molecule has 0 saturated heterocycles. The molecule has 8 heteroatoms. The fraction of sp³-hybridized carbons (Fsp3) is 0.0833. The van der Waals surface area contributed by atoms with Crippen molar-refractivity contribution in [3.8, 4) is 11.1 Å². The Bertz CT molecular complexity index is 1320. The molecule has 32 heavy (non-hydrogen) atoms. The van der Waals surface area contributed by atoms with Gasteiger partial charge in [0.25, 0.3) is 0 Å². The molecule has 0 fully saturated rings. The number of anilines is 1. The van der Waals surface area contributed by atoms with Crippen molar-refractivity contribution in [3.05, 3.63) is 89.5 Å². The highest BCUT2D eigenvalue weighted by Gasteiger charge is 2.17. The first-order chi connectivity index (χ1) is 15.5. The number of nitrogens with zero attached hydrogens (tertiary/aromatic N) is 3. The maximum atomic E-state index is 14.8. The van der Waals surface area contributed by atoms with Crippen LogP contribution in [0.25, 0.3) is 27.6 Å². The number of nitrogens with one attached hydrogen (secondary N) is 2. The van der Waals surface area contributed by atoms with E-state index < -0.39 is 6.04 Å². The minimum absolute atomic E-state index is 0.335. The van der Waals surface area contributed by atoms with Crippen molar-refractivity contribution >= 4 is 40.0 Å². The Hall–Kier alpha value is -3.84. The lowest BCUT2D eigenvalue weighted by molar-refractivity contribution is 0.600. The Morgan fingerprint density at radius 2 is 1.91 bits per heavy atom. The van der Waals surface area contributed by atoms with Crippen LogP contribution in [0.2, 0.25) is 5.02 Å². The summed E-state index contributed by atoms with van der Waals surface area (Å²) in [4.78, 5) is 12.4. The van der Waals surface area contributed by atoms with Gasteiger partial charge in [-0.2, -0.15) is 0 Å². The molecule has 4 aromatic rings. The van der Waals surface area contributed by atoms with E-state index in [0.717, 1.165) is 22.1 Å². The van der Waals surface area contributed by atoms with Crippen molar-refractivity contribution in [3.63, 3.8) is 0 Å². The van der Waals surface area contributed by atoms with E-state index in [-0.39, 0.29) is 5.82 Å². The summed E-state index contributed by atoms with van der Waals surface area (Å²) in [6.45, 7) is 1.86. The lowest BCUT2D eigenvalue weighted by Crippen LogP contribution is -2.10. The third kappa shape index (κ3) is 4.15. The van der Waals surface area contributed by atoms with Crippen LogP contribution < -0.4 is 11.1 Å². The summed E-state index contributed by atoms with van der Waals surface area (Å²) < 4.78 is 14.8. The largest absolute Gasteiger partial charge is 0.404 e. The molecule has 2 heterocycles. The minimum Gasteiger partial charge on any atom is -0.404 e. The van der Waals surface area contributed by atoms with Crippen LogP contribution in [0.4, 0.5) is 10.1 Å². The van der Waals surface area contributed by atoms with Crippen LogP contribution in [0.5, 0.6) is 0 Å². The molecule has 160 valence electrons. The zero-order valence-electron chi connectivity index (χ0n) is 17.2. The molecule has 1 atom stereocenters. The van der Waals surface area contributed by atoms with Gasteiger partial charge in [-0.05, 0) is 42.3 Å². The zero-order chi connectivity index (χ0) is 22.7. The van der Waals surface area contributed by atoms with Crippen molar-refractivity contribution in [2.45, 2.75) is 13.0 Å². The molecule has 4 N–H and O–H groups in total. The molecule has 0 aliphatic carbocycles. The third-order valence-electron chi connectivity index (χ3n) is 5.21. The Morgan fingerprint density at radius 3 is 2.62 bits per heavy atom. The van der Waals surface area contributed by atoms with Crippen molar-refractivity contribution in [1.29, 1.82) is 5.41 Å². The number of pyridine rings is 1. The Labute approximate surface area is 189 Å². The molecule has 0 bridgehead atoms. The van der Waals surface area contributed by atoms with Crippen molar-refractivity contribution in [2.75, 3.05) is 5.32 Å². The van der Waals surface area contributed by atoms with Crippen LogP contribution in [-0.2, 0) is 0 Å². The molecule has 0 aliphatic rings. The number of nitrogens with two attached hydrogens (primary N) is 1. The van der Waals surface area contributed by atoms with Gasteiger partial charge in [-0.1, -0.05) is 23.7 Å². The maximum absolute atomic E-state index is 14.8. The van der Waals surface area contributed by atoms with Gasteiger partial charge in [-0.3, -0.25) is 4.98 Å². The minimum atomic E-state index is -0.404. The number of benzene rings is 2. The smallest absolute Gasteiger partial charge is 0.128 e. The highest BCUT2D eigenvalue weighted by molar-refractivity contribution is 6.34. The number of aromatic nitrogens is 3. The second-order valence-corrected chi connectivity index (χ2v) is 7.62. The SMILES string of the molecule is CC(Nc1c(Cl)cnc2ccc(C(C=N)=CN)cc12)c1cc(-c2cncnc2)ccc1F. The summed E-state index contributed by atoms with van der Waals surface area (Å²) in [5.74, 6) is -0.335.